The van der Waals surface area contributed by atoms with Gasteiger partial charge in [0.2, 0.25) is 5.91 Å². The summed E-state index contributed by atoms with van der Waals surface area (Å²) in [6.45, 7) is 8.98. The van der Waals surface area contributed by atoms with Gasteiger partial charge in [-0.25, -0.2) is 4.98 Å². The summed E-state index contributed by atoms with van der Waals surface area (Å²) in [5.41, 5.74) is 0.906. The molecule has 0 aliphatic rings. The van der Waals surface area contributed by atoms with E-state index in [1.165, 1.54) is 0 Å². The second-order valence-corrected chi connectivity index (χ2v) is 7.74. The molecule has 1 amide bonds. The molecule has 0 unspecified atom stereocenters. The number of nitrogens with zero attached hydrogens (tertiary/aromatic N) is 2. The molecule has 0 fully saturated rings. The van der Waals surface area contributed by atoms with Gasteiger partial charge in [0.05, 0.1) is 12.2 Å². The molecule has 0 aliphatic heterocycles. The van der Waals surface area contributed by atoms with Gasteiger partial charge in [-0.2, -0.15) is 0 Å². The lowest BCUT2D eigenvalue weighted by atomic mass is 10.1. The minimum absolute atomic E-state index is 0.0155. The highest BCUT2D eigenvalue weighted by Crippen LogP contribution is 2.21. The van der Waals surface area contributed by atoms with Crippen molar-refractivity contribution in [3.05, 3.63) is 45.4 Å². The van der Waals surface area contributed by atoms with E-state index in [0.717, 1.165) is 22.9 Å². The summed E-state index contributed by atoms with van der Waals surface area (Å²) in [5.74, 6) is 0.873. The van der Waals surface area contributed by atoms with E-state index in [9.17, 15) is 4.79 Å². The van der Waals surface area contributed by atoms with E-state index in [1.807, 2.05) is 42.3 Å². The van der Waals surface area contributed by atoms with Crippen LogP contribution in [-0.2, 0) is 17.9 Å². The number of thiazole rings is 1. The maximum Gasteiger partial charge on any atom is 0.225 e. The Morgan fingerprint density at radius 1 is 1.36 bits per heavy atom. The molecule has 1 aromatic carbocycles. The Morgan fingerprint density at radius 3 is 2.76 bits per heavy atom. The van der Waals surface area contributed by atoms with Gasteiger partial charge in [-0.15, -0.1) is 11.3 Å². The van der Waals surface area contributed by atoms with Crippen LogP contribution in [0.3, 0.4) is 0 Å². The molecule has 1 atom stereocenters. The van der Waals surface area contributed by atoms with Gasteiger partial charge in [0, 0.05) is 22.4 Å². The molecule has 0 saturated heterocycles. The number of benzene rings is 1. The average molecular weight is 381 g/mol. The predicted octanol–water partition coefficient (Wildman–Crippen LogP) is 5.16. The Kier molecular flexibility index (Phi) is 7.26. The molecule has 0 spiro atoms. The van der Waals surface area contributed by atoms with E-state index in [1.54, 1.807) is 17.4 Å². The summed E-state index contributed by atoms with van der Waals surface area (Å²) in [6, 6.07) is 7.51. The van der Waals surface area contributed by atoms with E-state index >= 15 is 0 Å². The smallest absolute Gasteiger partial charge is 0.225 e. The monoisotopic (exact) mass is 380 g/mol. The maximum atomic E-state index is 12.5. The maximum absolute atomic E-state index is 12.5. The van der Waals surface area contributed by atoms with Gasteiger partial charge in [0.25, 0.3) is 0 Å². The largest absolute Gasteiger partial charge is 0.486 e. The third kappa shape index (κ3) is 5.72. The molecule has 0 bridgehead atoms. The first-order valence-corrected chi connectivity index (χ1v) is 9.78. The van der Waals surface area contributed by atoms with Crippen LogP contribution in [0.5, 0.6) is 5.75 Å². The lowest BCUT2D eigenvalue weighted by Crippen LogP contribution is -2.40. The number of hydrogen-bond acceptors (Lipinski definition) is 4. The fraction of sp³-hybridized carbons (Fsp3) is 0.474. The number of carbonyl (C=O) groups is 1. The molecular formula is C19H25ClN2O2S. The first-order chi connectivity index (χ1) is 11.9. The van der Waals surface area contributed by atoms with Gasteiger partial charge < -0.3 is 9.64 Å². The lowest BCUT2D eigenvalue weighted by molar-refractivity contribution is -0.137. The van der Waals surface area contributed by atoms with Gasteiger partial charge in [-0.05, 0) is 31.5 Å². The van der Waals surface area contributed by atoms with Gasteiger partial charge in [-0.3, -0.25) is 4.79 Å². The first kappa shape index (κ1) is 19.7. The number of rotatable bonds is 8. The summed E-state index contributed by atoms with van der Waals surface area (Å²) >= 11 is 7.50. The van der Waals surface area contributed by atoms with E-state index < -0.39 is 0 Å². The number of carbonyl (C=O) groups excluding carboxylic acids is 1. The Bertz CT molecular complexity index is 702. The van der Waals surface area contributed by atoms with E-state index in [0.29, 0.717) is 18.2 Å². The molecule has 2 aromatic rings. The molecule has 1 heterocycles. The highest BCUT2D eigenvalue weighted by Gasteiger charge is 2.22. The summed E-state index contributed by atoms with van der Waals surface area (Å²) in [6.07, 6.45) is 0.924. The van der Waals surface area contributed by atoms with Crippen LogP contribution in [0.15, 0.2) is 29.6 Å². The van der Waals surface area contributed by atoms with Crippen LogP contribution in [-0.4, -0.2) is 21.8 Å². The quantitative estimate of drug-likeness (QED) is 0.635. The van der Waals surface area contributed by atoms with Crippen molar-refractivity contribution >= 4 is 28.8 Å². The number of halogens is 1. The van der Waals surface area contributed by atoms with Gasteiger partial charge in [0.15, 0.2) is 0 Å². The normalized spacial score (nSPS) is 12.2. The number of amides is 1. The minimum Gasteiger partial charge on any atom is -0.486 e. The summed E-state index contributed by atoms with van der Waals surface area (Å²) in [4.78, 5) is 19.0. The molecule has 1 aromatic heterocycles. The van der Waals surface area contributed by atoms with Crippen molar-refractivity contribution in [1.82, 2.24) is 9.88 Å². The second-order valence-electron chi connectivity index (χ2n) is 6.36. The van der Waals surface area contributed by atoms with Crippen LogP contribution in [0.1, 0.15) is 44.8 Å². The third-order valence-electron chi connectivity index (χ3n) is 3.99. The van der Waals surface area contributed by atoms with Crippen molar-refractivity contribution in [2.75, 3.05) is 0 Å². The first-order valence-electron chi connectivity index (χ1n) is 8.52. The molecule has 25 heavy (non-hydrogen) atoms. The molecule has 4 nitrogen and oxygen atoms in total. The van der Waals surface area contributed by atoms with E-state index in [2.05, 4.69) is 18.8 Å². The Hall–Kier alpha value is -1.59. The van der Waals surface area contributed by atoms with Crippen molar-refractivity contribution < 1.29 is 9.53 Å². The molecule has 6 heteroatoms. The van der Waals surface area contributed by atoms with Crippen LogP contribution in [0.25, 0.3) is 0 Å². The van der Waals surface area contributed by atoms with Crippen LogP contribution in [0, 0.1) is 5.92 Å². The zero-order valence-corrected chi connectivity index (χ0v) is 16.7. The summed E-state index contributed by atoms with van der Waals surface area (Å²) < 4.78 is 5.73. The zero-order chi connectivity index (χ0) is 18.4. The van der Waals surface area contributed by atoms with Crippen molar-refractivity contribution in [3.63, 3.8) is 0 Å². The minimum atomic E-state index is -0.0155. The van der Waals surface area contributed by atoms with Crippen molar-refractivity contribution in [2.24, 2.45) is 5.92 Å². The van der Waals surface area contributed by atoms with Crippen molar-refractivity contribution in [2.45, 2.75) is 53.3 Å². The van der Waals surface area contributed by atoms with Crippen molar-refractivity contribution in [3.8, 4) is 5.75 Å². The van der Waals surface area contributed by atoms with Crippen LogP contribution >= 0.6 is 22.9 Å². The zero-order valence-electron chi connectivity index (χ0n) is 15.2. The third-order valence-corrected chi connectivity index (χ3v) is 5.10. The summed E-state index contributed by atoms with van der Waals surface area (Å²) in [5, 5.41) is 3.53. The van der Waals surface area contributed by atoms with E-state index in [4.69, 9.17) is 16.3 Å². The Balaban J connectivity index is 2.00. The lowest BCUT2D eigenvalue weighted by Gasteiger charge is -2.29. The number of hydrogen-bond donors (Lipinski definition) is 0. The fourth-order valence-corrected chi connectivity index (χ4v) is 3.24. The highest BCUT2D eigenvalue weighted by molar-refractivity contribution is 7.09. The van der Waals surface area contributed by atoms with Gasteiger partial charge in [-0.1, -0.05) is 38.4 Å². The number of ether oxygens (including phenoxy) is 1. The number of aromatic nitrogens is 1. The predicted molar refractivity (Wildman–Crippen MR) is 103 cm³/mol. The van der Waals surface area contributed by atoms with Crippen LogP contribution in [0.4, 0.5) is 0 Å². The van der Waals surface area contributed by atoms with Gasteiger partial charge >= 0.3 is 0 Å². The fourth-order valence-electron chi connectivity index (χ4n) is 2.37. The van der Waals surface area contributed by atoms with Crippen LogP contribution in [0.2, 0.25) is 5.02 Å². The van der Waals surface area contributed by atoms with Crippen LogP contribution < -0.4 is 4.74 Å². The Morgan fingerprint density at radius 2 is 2.12 bits per heavy atom. The summed E-state index contributed by atoms with van der Waals surface area (Å²) in [7, 11) is 0. The van der Waals surface area contributed by atoms with Crippen molar-refractivity contribution in [1.29, 1.82) is 0 Å². The molecule has 0 saturated carbocycles. The molecule has 136 valence electrons. The second kappa shape index (κ2) is 9.20. The molecular weight excluding hydrogens is 356 g/mol. The SMILES string of the molecule is CC[C@@H](C)N(Cc1csc(COc2cccc(Cl)c2)n1)C(=O)C(C)C. The topological polar surface area (TPSA) is 42.4 Å². The van der Waals surface area contributed by atoms with E-state index in [-0.39, 0.29) is 17.9 Å². The molecule has 2 rings (SSSR count). The average Bonchev–Trinajstić information content (AvgIpc) is 3.04. The highest BCUT2D eigenvalue weighted by atomic mass is 35.5. The van der Waals surface area contributed by atoms with Gasteiger partial charge in [0.1, 0.15) is 17.4 Å². The molecule has 0 radical (unpaired) electrons. The standard InChI is InChI=1S/C19H25ClN2O2S/c1-5-14(4)22(19(23)13(2)3)10-16-12-25-18(21-16)11-24-17-8-6-7-15(20)9-17/h6-9,12-14H,5,10-11H2,1-4H3/t14-/m1/s1. The molecule has 0 aliphatic carbocycles. The Labute approximate surface area is 158 Å². The molecule has 0 N–H and O–H groups in total.